The van der Waals surface area contributed by atoms with Crippen LogP contribution < -0.4 is 0 Å². The Bertz CT molecular complexity index is 52.8. The molecular weight excluding hydrogens is 136 g/mol. The molecule has 0 heterocycles. The van der Waals surface area contributed by atoms with Crippen LogP contribution >= 0.6 is 34.1 Å². The molecule has 0 saturated heterocycles. The Morgan fingerprint density at radius 3 is 2.50 bits per heavy atom. The third-order valence-corrected chi connectivity index (χ3v) is 1.38. The Kier molecular flexibility index (Phi) is 4.38. The molecule has 0 aromatic rings. The van der Waals surface area contributed by atoms with Gasteiger partial charge < -0.3 is 0 Å². The fraction of sp³-hybridized carbons (Fsp3) is 0.333. The van der Waals surface area contributed by atoms with Crippen molar-refractivity contribution in [1.29, 1.82) is 0 Å². The van der Waals surface area contributed by atoms with Crippen LogP contribution in [0, 0.1) is 0 Å². The molecule has 0 N–H and O–H groups in total. The van der Waals surface area contributed by atoms with Crippen molar-refractivity contribution in [3.63, 3.8) is 0 Å². The largest absolute Gasteiger partial charge is 0.111 e. The van der Waals surface area contributed by atoms with Crippen molar-refractivity contribution < 1.29 is 0 Å². The SMILES string of the molecule is C=C(Cl)CSS. The second-order valence-electron chi connectivity index (χ2n) is 0.791. The van der Waals surface area contributed by atoms with E-state index in [0.29, 0.717) is 5.03 Å². The van der Waals surface area contributed by atoms with Crippen molar-refractivity contribution in [2.75, 3.05) is 5.75 Å². The molecule has 0 spiro atoms. The van der Waals surface area contributed by atoms with Crippen molar-refractivity contribution in [1.82, 2.24) is 0 Å². The van der Waals surface area contributed by atoms with Gasteiger partial charge in [0.25, 0.3) is 0 Å². The number of hydrogen-bond acceptors (Lipinski definition) is 2. The van der Waals surface area contributed by atoms with Gasteiger partial charge in [0.1, 0.15) is 0 Å². The molecule has 0 fully saturated rings. The van der Waals surface area contributed by atoms with E-state index < -0.39 is 0 Å². The second-order valence-corrected chi connectivity index (χ2v) is 2.65. The Labute approximate surface area is 51.8 Å². The number of halogens is 1. The van der Waals surface area contributed by atoms with E-state index in [1.54, 1.807) is 0 Å². The van der Waals surface area contributed by atoms with E-state index in [2.05, 4.69) is 18.2 Å². The van der Waals surface area contributed by atoms with Crippen LogP contribution in [0.5, 0.6) is 0 Å². The topological polar surface area (TPSA) is 0 Å². The van der Waals surface area contributed by atoms with Crippen LogP contribution in [0.3, 0.4) is 0 Å². The lowest BCUT2D eigenvalue weighted by Crippen LogP contribution is -1.65. The molecule has 0 nitrogen and oxygen atoms in total. The van der Waals surface area contributed by atoms with Gasteiger partial charge in [0.2, 0.25) is 0 Å². The smallest absolute Gasteiger partial charge is 0.0388 e. The van der Waals surface area contributed by atoms with Gasteiger partial charge in [-0.1, -0.05) is 29.0 Å². The van der Waals surface area contributed by atoms with Crippen LogP contribution in [0.1, 0.15) is 0 Å². The minimum atomic E-state index is 0.648. The molecular formula is C3H5ClS2. The van der Waals surface area contributed by atoms with Gasteiger partial charge in [0.15, 0.2) is 0 Å². The summed E-state index contributed by atoms with van der Waals surface area (Å²) in [7, 11) is 1.37. The van der Waals surface area contributed by atoms with Gasteiger partial charge in [0.05, 0.1) is 0 Å². The van der Waals surface area contributed by atoms with Gasteiger partial charge in [0, 0.05) is 10.8 Å². The van der Waals surface area contributed by atoms with Crippen LogP contribution in [-0.2, 0) is 0 Å². The molecule has 0 aliphatic rings. The second kappa shape index (κ2) is 3.90. The highest BCUT2D eigenvalue weighted by Crippen LogP contribution is 2.11. The molecule has 0 aromatic heterocycles. The summed E-state index contributed by atoms with van der Waals surface area (Å²) >= 11 is 9.15. The van der Waals surface area contributed by atoms with E-state index >= 15 is 0 Å². The molecule has 0 rings (SSSR count). The summed E-state index contributed by atoms with van der Waals surface area (Å²) in [5.41, 5.74) is 0. The molecule has 0 bridgehead atoms. The lowest BCUT2D eigenvalue weighted by Gasteiger charge is -1.83. The Balaban J connectivity index is 2.83. The van der Waals surface area contributed by atoms with E-state index in [1.807, 2.05) is 0 Å². The standard InChI is InChI=1S/C3H5ClS2/c1-3(4)2-6-5/h5H,1-2H2. The highest BCUT2D eigenvalue weighted by atomic mass is 35.5. The summed E-state index contributed by atoms with van der Waals surface area (Å²) in [6.07, 6.45) is 0. The summed E-state index contributed by atoms with van der Waals surface area (Å²) < 4.78 is 0. The molecule has 0 aliphatic carbocycles. The van der Waals surface area contributed by atoms with E-state index in [4.69, 9.17) is 11.6 Å². The molecule has 0 unspecified atom stereocenters. The molecule has 0 atom stereocenters. The van der Waals surface area contributed by atoms with E-state index in [0.717, 1.165) is 5.75 Å². The van der Waals surface area contributed by atoms with Crippen molar-refractivity contribution in [3.05, 3.63) is 11.6 Å². The average Bonchev–Trinajstić information content (AvgIpc) is 1.35. The van der Waals surface area contributed by atoms with Crippen LogP contribution in [-0.4, -0.2) is 5.75 Å². The van der Waals surface area contributed by atoms with Crippen molar-refractivity contribution in [3.8, 4) is 0 Å². The molecule has 0 aromatic carbocycles. The zero-order valence-corrected chi connectivity index (χ0v) is 5.61. The lowest BCUT2D eigenvalue weighted by atomic mass is 10.8. The fourth-order valence-electron chi connectivity index (χ4n) is 0.0700. The Morgan fingerprint density at radius 2 is 2.50 bits per heavy atom. The van der Waals surface area contributed by atoms with E-state index in [-0.39, 0.29) is 0 Å². The van der Waals surface area contributed by atoms with E-state index in [9.17, 15) is 0 Å². The third kappa shape index (κ3) is 4.73. The van der Waals surface area contributed by atoms with Gasteiger partial charge in [-0.3, -0.25) is 0 Å². The first-order valence-corrected chi connectivity index (χ1v) is 3.78. The third-order valence-electron chi connectivity index (χ3n) is 0.221. The Morgan fingerprint density at radius 1 is 2.00 bits per heavy atom. The van der Waals surface area contributed by atoms with E-state index in [1.165, 1.54) is 10.8 Å². The molecule has 0 amide bonds. The lowest BCUT2D eigenvalue weighted by molar-refractivity contribution is 1.76. The molecule has 0 radical (unpaired) electrons. The highest BCUT2D eigenvalue weighted by molar-refractivity contribution is 8.68. The van der Waals surface area contributed by atoms with Crippen LogP contribution in [0.25, 0.3) is 0 Å². The van der Waals surface area contributed by atoms with Crippen molar-refractivity contribution >= 4 is 34.1 Å². The number of hydrogen-bond donors (Lipinski definition) is 1. The molecule has 6 heavy (non-hydrogen) atoms. The Hall–Kier alpha value is 0.730. The molecule has 0 saturated carbocycles. The zero-order chi connectivity index (χ0) is 4.99. The minimum Gasteiger partial charge on any atom is -0.111 e. The first kappa shape index (κ1) is 6.73. The van der Waals surface area contributed by atoms with Gasteiger partial charge in [-0.05, 0) is 0 Å². The zero-order valence-electron chi connectivity index (χ0n) is 3.15. The monoisotopic (exact) mass is 140 g/mol. The normalized spacial score (nSPS) is 8.33. The average molecular weight is 141 g/mol. The first-order valence-electron chi connectivity index (χ1n) is 1.37. The first-order chi connectivity index (χ1) is 2.77. The highest BCUT2D eigenvalue weighted by Gasteiger charge is 1.80. The van der Waals surface area contributed by atoms with Crippen LogP contribution in [0.4, 0.5) is 0 Å². The molecule has 0 aliphatic heterocycles. The van der Waals surface area contributed by atoms with Crippen LogP contribution in [0.2, 0.25) is 0 Å². The summed E-state index contributed by atoms with van der Waals surface area (Å²) in [5.74, 6) is 0.727. The van der Waals surface area contributed by atoms with Gasteiger partial charge in [-0.2, -0.15) is 0 Å². The van der Waals surface area contributed by atoms with Gasteiger partial charge in [-0.15, -0.1) is 11.7 Å². The maximum atomic E-state index is 5.31. The van der Waals surface area contributed by atoms with Crippen molar-refractivity contribution in [2.45, 2.75) is 0 Å². The summed E-state index contributed by atoms with van der Waals surface area (Å²) in [5, 5.41) is 0.648. The maximum Gasteiger partial charge on any atom is 0.0388 e. The quantitative estimate of drug-likeness (QED) is 0.454. The van der Waals surface area contributed by atoms with Gasteiger partial charge >= 0.3 is 0 Å². The van der Waals surface area contributed by atoms with Gasteiger partial charge in [-0.25, -0.2) is 0 Å². The summed E-state index contributed by atoms with van der Waals surface area (Å²) in [4.78, 5) is 0. The minimum absolute atomic E-state index is 0.648. The predicted molar refractivity (Wildman–Crippen MR) is 36.4 cm³/mol. The van der Waals surface area contributed by atoms with Crippen molar-refractivity contribution in [2.24, 2.45) is 0 Å². The van der Waals surface area contributed by atoms with Crippen LogP contribution in [0.15, 0.2) is 11.6 Å². The fourth-order valence-corrected chi connectivity index (χ4v) is 1.07. The predicted octanol–water partition coefficient (Wildman–Crippen LogP) is 2.32. The number of thiol groups is 1. The number of rotatable bonds is 2. The summed E-state index contributed by atoms with van der Waals surface area (Å²) in [6.45, 7) is 3.44. The summed E-state index contributed by atoms with van der Waals surface area (Å²) in [6, 6.07) is 0. The maximum absolute atomic E-state index is 5.31. The molecule has 3 heteroatoms. The molecule has 36 valence electrons.